The van der Waals surface area contributed by atoms with Gasteiger partial charge in [0.15, 0.2) is 0 Å². The average molecular weight is 248 g/mol. The summed E-state index contributed by atoms with van der Waals surface area (Å²) in [5.41, 5.74) is 1.61. The van der Waals surface area contributed by atoms with E-state index in [1.807, 2.05) is 0 Å². The molecule has 0 aliphatic heterocycles. The Bertz CT molecular complexity index is 414. The predicted octanol–water partition coefficient (Wildman–Crippen LogP) is 3.07. The smallest absolute Gasteiger partial charge is 0.134 e. The SMILES string of the molecule is CCCNc1ncnc(NC2CC2(C)C)c1CC. The molecule has 0 saturated heterocycles. The lowest BCUT2D eigenvalue weighted by Crippen LogP contribution is -2.14. The summed E-state index contributed by atoms with van der Waals surface area (Å²) in [6.07, 6.45) is 4.92. The van der Waals surface area contributed by atoms with Crippen molar-refractivity contribution in [1.29, 1.82) is 0 Å². The largest absolute Gasteiger partial charge is 0.370 e. The number of anilines is 2. The maximum Gasteiger partial charge on any atom is 0.134 e. The van der Waals surface area contributed by atoms with Crippen molar-refractivity contribution in [3.8, 4) is 0 Å². The second kappa shape index (κ2) is 5.12. The molecule has 1 unspecified atom stereocenters. The van der Waals surface area contributed by atoms with Crippen molar-refractivity contribution in [3.05, 3.63) is 11.9 Å². The Morgan fingerprint density at radius 2 is 1.94 bits per heavy atom. The fourth-order valence-corrected chi connectivity index (χ4v) is 2.15. The molecular formula is C14H24N4. The maximum absolute atomic E-state index is 4.40. The first kappa shape index (κ1) is 13.1. The highest BCUT2D eigenvalue weighted by Crippen LogP contribution is 2.46. The molecule has 0 bridgehead atoms. The highest BCUT2D eigenvalue weighted by molar-refractivity contribution is 5.58. The normalized spacial score (nSPS) is 20.6. The van der Waals surface area contributed by atoms with Crippen LogP contribution in [0.5, 0.6) is 0 Å². The Kier molecular flexibility index (Phi) is 3.73. The third kappa shape index (κ3) is 2.74. The molecule has 0 amide bonds. The van der Waals surface area contributed by atoms with Gasteiger partial charge in [-0.2, -0.15) is 0 Å². The van der Waals surface area contributed by atoms with E-state index >= 15 is 0 Å². The minimum atomic E-state index is 0.410. The van der Waals surface area contributed by atoms with E-state index in [4.69, 9.17) is 0 Å². The lowest BCUT2D eigenvalue weighted by Gasteiger charge is -2.15. The van der Waals surface area contributed by atoms with Crippen LogP contribution in [0.1, 0.15) is 46.1 Å². The third-order valence-electron chi connectivity index (χ3n) is 3.67. The van der Waals surface area contributed by atoms with Gasteiger partial charge in [0.2, 0.25) is 0 Å². The van der Waals surface area contributed by atoms with Gasteiger partial charge in [0, 0.05) is 18.2 Å². The van der Waals surface area contributed by atoms with Gasteiger partial charge in [-0.05, 0) is 24.7 Å². The first-order valence-corrected chi connectivity index (χ1v) is 6.92. The van der Waals surface area contributed by atoms with Crippen molar-refractivity contribution in [2.24, 2.45) is 5.41 Å². The molecule has 1 fully saturated rings. The summed E-state index contributed by atoms with van der Waals surface area (Å²) in [5, 5.41) is 6.93. The number of hydrogen-bond acceptors (Lipinski definition) is 4. The molecule has 18 heavy (non-hydrogen) atoms. The Balaban J connectivity index is 2.14. The molecule has 1 aromatic heterocycles. The molecule has 1 aliphatic carbocycles. The van der Waals surface area contributed by atoms with Gasteiger partial charge < -0.3 is 10.6 Å². The van der Waals surface area contributed by atoms with E-state index in [0.29, 0.717) is 11.5 Å². The van der Waals surface area contributed by atoms with Crippen LogP contribution in [-0.4, -0.2) is 22.6 Å². The first-order valence-electron chi connectivity index (χ1n) is 6.92. The molecule has 4 nitrogen and oxygen atoms in total. The van der Waals surface area contributed by atoms with E-state index in [1.165, 1.54) is 12.0 Å². The second-order valence-corrected chi connectivity index (χ2v) is 5.72. The van der Waals surface area contributed by atoms with E-state index in [1.54, 1.807) is 6.33 Å². The van der Waals surface area contributed by atoms with Crippen molar-refractivity contribution in [2.75, 3.05) is 17.2 Å². The van der Waals surface area contributed by atoms with Crippen molar-refractivity contribution in [1.82, 2.24) is 9.97 Å². The molecule has 1 atom stereocenters. The van der Waals surface area contributed by atoms with Gasteiger partial charge in [0.05, 0.1) is 0 Å². The van der Waals surface area contributed by atoms with Gasteiger partial charge in [-0.3, -0.25) is 0 Å². The number of nitrogens with one attached hydrogen (secondary N) is 2. The second-order valence-electron chi connectivity index (χ2n) is 5.72. The molecule has 1 heterocycles. The summed E-state index contributed by atoms with van der Waals surface area (Å²) in [6.45, 7) is 9.84. The molecule has 2 rings (SSSR count). The Labute approximate surface area is 110 Å². The molecule has 1 aromatic rings. The van der Waals surface area contributed by atoms with Crippen molar-refractivity contribution >= 4 is 11.6 Å². The molecular weight excluding hydrogens is 224 g/mol. The minimum Gasteiger partial charge on any atom is -0.370 e. The topological polar surface area (TPSA) is 49.8 Å². The van der Waals surface area contributed by atoms with E-state index in [0.717, 1.165) is 31.0 Å². The van der Waals surface area contributed by atoms with Crippen molar-refractivity contribution in [3.63, 3.8) is 0 Å². The summed E-state index contributed by atoms with van der Waals surface area (Å²) >= 11 is 0. The van der Waals surface area contributed by atoms with Gasteiger partial charge in [-0.25, -0.2) is 9.97 Å². The Hall–Kier alpha value is -1.32. The zero-order chi connectivity index (χ0) is 13.2. The van der Waals surface area contributed by atoms with E-state index < -0.39 is 0 Å². The predicted molar refractivity (Wildman–Crippen MR) is 76.0 cm³/mol. The minimum absolute atomic E-state index is 0.410. The lowest BCUT2D eigenvalue weighted by atomic mass is 10.1. The summed E-state index contributed by atoms with van der Waals surface area (Å²) < 4.78 is 0. The molecule has 1 saturated carbocycles. The highest BCUT2D eigenvalue weighted by Gasteiger charge is 2.46. The molecule has 4 heteroatoms. The third-order valence-corrected chi connectivity index (χ3v) is 3.67. The van der Waals surface area contributed by atoms with Crippen molar-refractivity contribution in [2.45, 2.75) is 53.0 Å². The molecule has 0 spiro atoms. The van der Waals surface area contributed by atoms with Crippen LogP contribution in [0, 0.1) is 5.41 Å². The zero-order valence-electron chi connectivity index (χ0n) is 11.9. The van der Waals surface area contributed by atoms with Crippen LogP contribution in [-0.2, 0) is 6.42 Å². The van der Waals surface area contributed by atoms with E-state index in [-0.39, 0.29) is 0 Å². The summed E-state index contributed by atoms with van der Waals surface area (Å²) in [5.74, 6) is 1.98. The van der Waals surface area contributed by atoms with E-state index in [9.17, 15) is 0 Å². The molecule has 0 radical (unpaired) electrons. The quantitative estimate of drug-likeness (QED) is 0.812. The molecule has 1 aliphatic rings. The van der Waals surface area contributed by atoms with Gasteiger partial charge in [0.25, 0.3) is 0 Å². The number of hydrogen-bond donors (Lipinski definition) is 2. The number of aromatic nitrogens is 2. The highest BCUT2D eigenvalue weighted by atomic mass is 15.1. The van der Waals surface area contributed by atoms with Gasteiger partial charge >= 0.3 is 0 Å². The van der Waals surface area contributed by atoms with Crippen LogP contribution >= 0.6 is 0 Å². The zero-order valence-corrected chi connectivity index (χ0v) is 11.9. The first-order chi connectivity index (χ1) is 8.58. The van der Waals surface area contributed by atoms with Crippen LogP contribution in [0.15, 0.2) is 6.33 Å². The van der Waals surface area contributed by atoms with E-state index in [2.05, 4.69) is 48.3 Å². The standard InChI is InChI=1S/C14H24N4/c1-5-7-15-12-10(6-2)13(17-9-16-12)18-11-8-14(11,3)4/h9,11H,5-8H2,1-4H3,(H2,15,16,17,18). The maximum atomic E-state index is 4.40. The van der Waals surface area contributed by atoms with Crippen LogP contribution < -0.4 is 10.6 Å². The fraction of sp³-hybridized carbons (Fsp3) is 0.714. The number of nitrogens with zero attached hydrogens (tertiary/aromatic N) is 2. The molecule has 0 aromatic carbocycles. The molecule has 100 valence electrons. The summed E-state index contributed by atoms with van der Waals surface area (Å²) in [4.78, 5) is 8.75. The summed E-state index contributed by atoms with van der Waals surface area (Å²) in [7, 11) is 0. The average Bonchev–Trinajstić information content (AvgIpc) is 2.94. The van der Waals surface area contributed by atoms with Crippen LogP contribution in [0.25, 0.3) is 0 Å². The molecule has 2 N–H and O–H groups in total. The Morgan fingerprint density at radius 1 is 1.28 bits per heavy atom. The summed E-state index contributed by atoms with van der Waals surface area (Å²) in [6, 6.07) is 0.553. The van der Waals surface area contributed by atoms with Crippen LogP contribution in [0.4, 0.5) is 11.6 Å². The van der Waals surface area contributed by atoms with Gasteiger partial charge in [-0.15, -0.1) is 0 Å². The fourth-order valence-electron chi connectivity index (χ4n) is 2.15. The van der Waals surface area contributed by atoms with Crippen LogP contribution in [0.2, 0.25) is 0 Å². The number of rotatable bonds is 6. The Morgan fingerprint density at radius 3 is 2.50 bits per heavy atom. The van der Waals surface area contributed by atoms with Gasteiger partial charge in [-0.1, -0.05) is 27.7 Å². The van der Waals surface area contributed by atoms with Crippen molar-refractivity contribution < 1.29 is 0 Å². The van der Waals surface area contributed by atoms with Gasteiger partial charge in [0.1, 0.15) is 18.0 Å². The van der Waals surface area contributed by atoms with Crippen LogP contribution in [0.3, 0.4) is 0 Å². The monoisotopic (exact) mass is 248 g/mol. The lowest BCUT2D eigenvalue weighted by molar-refractivity contribution is 0.629.